The SMILES string of the molecule is CC(Cl)OCCOCCOC(=O)c1cc(C(C)(C)C)c(O)c(C(C)(C)C)c1. The van der Waals surface area contributed by atoms with Gasteiger partial charge in [-0.3, -0.25) is 0 Å². The Morgan fingerprint density at radius 2 is 1.48 bits per heavy atom. The summed E-state index contributed by atoms with van der Waals surface area (Å²) in [5.74, 6) is -0.191. The summed E-state index contributed by atoms with van der Waals surface area (Å²) >= 11 is 5.66. The van der Waals surface area contributed by atoms with Crippen molar-refractivity contribution >= 4 is 17.6 Å². The summed E-state index contributed by atoms with van der Waals surface area (Å²) in [5.41, 5.74) is 0.930. The highest BCUT2D eigenvalue weighted by Crippen LogP contribution is 2.39. The Kier molecular flexibility index (Phi) is 8.58. The molecule has 1 atom stereocenters. The number of hydrogen-bond acceptors (Lipinski definition) is 5. The standard InChI is InChI=1S/C21H33ClO5/c1-14(22)26-10-8-25-9-11-27-19(24)15-12-16(20(2,3)4)18(23)17(13-15)21(5,6)7/h12-14,23H,8-11H2,1-7H3. The second kappa shape index (κ2) is 9.76. The van der Waals surface area contributed by atoms with Crippen LogP contribution in [0.1, 0.15) is 70.0 Å². The summed E-state index contributed by atoms with van der Waals surface area (Å²) in [5, 5.41) is 10.7. The van der Waals surface area contributed by atoms with Crippen LogP contribution >= 0.6 is 11.6 Å². The van der Waals surface area contributed by atoms with Gasteiger partial charge < -0.3 is 19.3 Å². The van der Waals surface area contributed by atoms with Gasteiger partial charge in [0.05, 0.1) is 25.4 Å². The summed E-state index contributed by atoms with van der Waals surface area (Å²) < 4.78 is 15.8. The van der Waals surface area contributed by atoms with Crippen LogP contribution in [-0.4, -0.2) is 43.1 Å². The predicted octanol–water partition coefficient (Wildman–Crippen LogP) is 4.76. The van der Waals surface area contributed by atoms with Gasteiger partial charge in [0.25, 0.3) is 0 Å². The van der Waals surface area contributed by atoms with Gasteiger partial charge in [-0.05, 0) is 29.9 Å². The molecular weight excluding hydrogens is 368 g/mol. The van der Waals surface area contributed by atoms with Crippen LogP contribution in [0.25, 0.3) is 0 Å². The van der Waals surface area contributed by atoms with Crippen molar-refractivity contribution in [3.05, 3.63) is 28.8 Å². The number of phenols is 1. The van der Waals surface area contributed by atoms with Crippen molar-refractivity contribution in [3.8, 4) is 5.75 Å². The van der Waals surface area contributed by atoms with Crippen LogP contribution in [0.2, 0.25) is 0 Å². The molecule has 1 unspecified atom stereocenters. The number of aromatic hydroxyl groups is 1. The zero-order valence-electron chi connectivity index (χ0n) is 17.5. The topological polar surface area (TPSA) is 65.0 Å². The second-order valence-corrected chi connectivity index (χ2v) is 9.20. The van der Waals surface area contributed by atoms with E-state index >= 15 is 0 Å². The summed E-state index contributed by atoms with van der Waals surface area (Å²) in [7, 11) is 0. The fraction of sp³-hybridized carbons (Fsp3) is 0.667. The van der Waals surface area contributed by atoms with Gasteiger partial charge in [0, 0.05) is 11.1 Å². The molecule has 0 saturated carbocycles. The molecule has 27 heavy (non-hydrogen) atoms. The van der Waals surface area contributed by atoms with Crippen molar-refractivity contribution in [1.82, 2.24) is 0 Å². The average molecular weight is 401 g/mol. The largest absolute Gasteiger partial charge is 0.507 e. The van der Waals surface area contributed by atoms with Gasteiger partial charge in [-0.2, -0.15) is 0 Å². The van der Waals surface area contributed by atoms with Gasteiger partial charge in [0.2, 0.25) is 0 Å². The van der Waals surface area contributed by atoms with E-state index in [2.05, 4.69) is 0 Å². The van der Waals surface area contributed by atoms with Crippen molar-refractivity contribution in [2.45, 2.75) is 64.9 Å². The average Bonchev–Trinajstić information content (AvgIpc) is 2.51. The molecule has 5 nitrogen and oxygen atoms in total. The van der Waals surface area contributed by atoms with E-state index in [1.807, 2.05) is 41.5 Å². The van der Waals surface area contributed by atoms with Gasteiger partial charge >= 0.3 is 5.97 Å². The van der Waals surface area contributed by atoms with E-state index in [1.165, 1.54) is 0 Å². The van der Waals surface area contributed by atoms with Crippen LogP contribution in [0.15, 0.2) is 12.1 Å². The van der Waals surface area contributed by atoms with E-state index in [0.717, 1.165) is 11.1 Å². The fourth-order valence-corrected chi connectivity index (χ4v) is 2.63. The molecule has 0 saturated heterocycles. The molecule has 1 N–H and O–H groups in total. The molecule has 1 aromatic rings. The minimum absolute atomic E-state index is 0.145. The predicted molar refractivity (Wildman–Crippen MR) is 108 cm³/mol. The molecule has 0 aromatic heterocycles. The zero-order valence-corrected chi connectivity index (χ0v) is 18.3. The molecule has 0 aliphatic carbocycles. The van der Waals surface area contributed by atoms with Gasteiger partial charge in [0.1, 0.15) is 17.9 Å². The number of ether oxygens (including phenoxy) is 3. The lowest BCUT2D eigenvalue weighted by Gasteiger charge is -2.27. The number of alkyl halides is 1. The lowest BCUT2D eigenvalue weighted by atomic mass is 9.78. The molecule has 0 aliphatic heterocycles. The van der Waals surface area contributed by atoms with E-state index in [-0.39, 0.29) is 35.4 Å². The Balaban J connectivity index is 2.79. The van der Waals surface area contributed by atoms with Gasteiger partial charge in [-0.15, -0.1) is 0 Å². The third-order valence-corrected chi connectivity index (χ3v) is 4.12. The zero-order chi connectivity index (χ0) is 20.8. The molecule has 0 amide bonds. The fourth-order valence-electron chi connectivity index (χ4n) is 2.54. The van der Waals surface area contributed by atoms with Crippen molar-refractivity contribution in [1.29, 1.82) is 0 Å². The Morgan fingerprint density at radius 3 is 1.93 bits per heavy atom. The van der Waals surface area contributed by atoms with Crippen molar-refractivity contribution < 1.29 is 24.1 Å². The first-order valence-electron chi connectivity index (χ1n) is 9.22. The van der Waals surface area contributed by atoms with Crippen LogP contribution in [0.4, 0.5) is 0 Å². The maximum atomic E-state index is 12.5. The molecule has 0 aliphatic rings. The van der Waals surface area contributed by atoms with E-state index in [4.69, 9.17) is 25.8 Å². The monoisotopic (exact) mass is 400 g/mol. The number of benzene rings is 1. The third kappa shape index (κ3) is 7.68. The Labute approximate surface area is 168 Å². The van der Waals surface area contributed by atoms with Crippen molar-refractivity contribution in [2.24, 2.45) is 0 Å². The van der Waals surface area contributed by atoms with Crippen LogP contribution in [0, 0.1) is 0 Å². The maximum absolute atomic E-state index is 12.5. The van der Waals surface area contributed by atoms with Crippen LogP contribution in [0.5, 0.6) is 5.75 Å². The number of rotatable bonds is 8. The van der Waals surface area contributed by atoms with E-state index in [1.54, 1.807) is 19.1 Å². The minimum atomic E-state index is -0.430. The smallest absolute Gasteiger partial charge is 0.338 e. The molecule has 1 rings (SSSR count). The Bertz CT molecular complexity index is 591. The highest BCUT2D eigenvalue weighted by molar-refractivity contribution is 6.19. The molecule has 154 valence electrons. The number of carbonyl (C=O) groups is 1. The highest BCUT2D eigenvalue weighted by Gasteiger charge is 2.28. The number of phenolic OH excluding ortho intramolecular Hbond substituents is 1. The molecule has 0 spiro atoms. The number of carbonyl (C=O) groups excluding carboxylic acids is 1. The normalized spacial score (nSPS) is 13.5. The van der Waals surface area contributed by atoms with E-state index in [9.17, 15) is 9.90 Å². The van der Waals surface area contributed by atoms with Crippen molar-refractivity contribution in [2.75, 3.05) is 26.4 Å². The number of hydrogen-bond donors (Lipinski definition) is 1. The maximum Gasteiger partial charge on any atom is 0.338 e. The van der Waals surface area contributed by atoms with Crippen LogP contribution in [0.3, 0.4) is 0 Å². The summed E-state index contributed by atoms with van der Waals surface area (Å²) in [6, 6.07) is 3.42. The molecule has 0 radical (unpaired) electrons. The van der Waals surface area contributed by atoms with E-state index in [0.29, 0.717) is 18.8 Å². The first kappa shape index (κ1) is 23.7. The Morgan fingerprint density at radius 1 is 1.00 bits per heavy atom. The first-order chi connectivity index (χ1) is 12.3. The lowest BCUT2D eigenvalue weighted by Crippen LogP contribution is -2.20. The molecule has 6 heteroatoms. The quantitative estimate of drug-likeness (QED) is 0.387. The molecule has 0 heterocycles. The summed E-state index contributed by atoms with van der Waals surface area (Å²) in [6.45, 7) is 14.9. The van der Waals surface area contributed by atoms with Gasteiger partial charge in [-0.25, -0.2) is 4.79 Å². The number of esters is 1. The minimum Gasteiger partial charge on any atom is -0.507 e. The molecule has 1 aromatic carbocycles. The van der Waals surface area contributed by atoms with Crippen molar-refractivity contribution in [3.63, 3.8) is 0 Å². The second-order valence-electron chi connectivity index (χ2n) is 8.58. The summed E-state index contributed by atoms with van der Waals surface area (Å²) in [4.78, 5) is 12.5. The molecular formula is C21H33ClO5. The van der Waals surface area contributed by atoms with Crippen LogP contribution < -0.4 is 0 Å². The van der Waals surface area contributed by atoms with Gasteiger partial charge in [0.15, 0.2) is 0 Å². The number of halogens is 1. The van der Waals surface area contributed by atoms with Crippen LogP contribution in [-0.2, 0) is 25.0 Å². The van der Waals surface area contributed by atoms with E-state index < -0.39 is 5.97 Å². The van der Waals surface area contributed by atoms with Gasteiger partial charge in [-0.1, -0.05) is 53.1 Å². The lowest BCUT2D eigenvalue weighted by molar-refractivity contribution is 0.0116. The Hall–Kier alpha value is -1.30. The summed E-state index contributed by atoms with van der Waals surface area (Å²) in [6.07, 6.45) is 0. The highest BCUT2D eigenvalue weighted by atomic mass is 35.5. The molecule has 0 fully saturated rings. The first-order valence-corrected chi connectivity index (χ1v) is 9.66. The third-order valence-electron chi connectivity index (χ3n) is 4.00. The molecule has 0 bridgehead atoms.